The number of hydrogen-bond acceptors (Lipinski definition) is 2. The molecule has 1 rings (SSSR count). The van der Waals surface area contributed by atoms with Gasteiger partial charge in [-0.25, -0.2) is 0 Å². The van der Waals surface area contributed by atoms with E-state index in [4.69, 9.17) is 0 Å². The van der Waals surface area contributed by atoms with Crippen LogP contribution in [0.2, 0.25) is 0 Å². The van der Waals surface area contributed by atoms with E-state index >= 15 is 0 Å². The van der Waals surface area contributed by atoms with Crippen molar-refractivity contribution in [3.05, 3.63) is 35.4 Å². The molecule has 17 heavy (non-hydrogen) atoms. The number of thioether (sulfide) groups is 1. The number of hydrogen-bond donors (Lipinski definition) is 1. The Labute approximate surface area is 110 Å². The maximum atomic E-state index is 3.48. The van der Waals surface area contributed by atoms with Gasteiger partial charge in [0.05, 0.1) is 0 Å². The predicted molar refractivity (Wildman–Crippen MR) is 79.7 cm³/mol. The normalized spacial score (nSPS) is 12.6. The van der Waals surface area contributed by atoms with Crippen molar-refractivity contribution >= 4 is 11.8 Å². The molecule has 0 aliphatic rings. The van der Waals surface area contributed by atoms with Crippen molar-refractivity contribution < 1.29 is 0 Å². The summed E-state index contributed by atoms with van der Waals surface area (Å²) in [5.41, 5.74) is 2.89. The first-order valence-electron chi connectivity index (χ1n) is 6.57. The Balaban J connectivity index is 2.17. The molecule has 0 aromatic heterocycles. The molecule has 0 bridgehead atoms. The van der Waals surface area contributed by atoms with Gasteiger partial charge < -0.3 is 5.32 Å². The molecule has 0 saturated heterocycles. The fraction of sp³-hybridized carbons (Fsp3) is 0.600. The number of rotatable bonds is 8. The van der Waals surface area contributed by atoms with Crippen molar-refractivity contribution in [2.45, 2.75) is 32.9 Å². The topological polar surface area (TPSA) is 12.0 Å². The second-order valence-corrected chi connectivity index (χ2v) is 5.78. The van der Waals surface area contributed by atoms with Gasteiger partial charge in [0.15, 0.2) is 0 Å². The molecule has 1 atom stereocenters. The fourth-order valence-electron chi connectivity index (χ4n) is 1.73. The molecule has 0 heterocycles. The van der Waals surface area contributed by atoms with Gasteiger partial charge in [0, 0.05) is 5.75 Å². The monoisotopic (exact) mass is 251 g/mol. The minimum Gasteiger partial charge on any atom is -0.316 e. The summed E-state index contributed by atoms with van der Waals surface area (Å²) in [6.45, 7) is 9.03. The Kier molecular flexibility index (Phi) is 7.38. The zero-order valence-corrected chi connectivity index (χ0v) is 12.1. The quantitative estimate of drug-likeness (QED) is 0.704. The van der Waals surface area contributed by atoms with Gasteiger partial charge in [0.1, 0.15) is 0 Å². The highest BCUT2D eigenvalue weighted by Gasteiger charge is 2.03. The highest BCUT2D eigenvalue weighted by Crippen LogP contribution is 2.17. The van der Waals surface area contributed by atoms with E-state index in [0.29, 0.717) is 0 Å². The highest BCUT2D eigenvalue weighted by atomic mass is 32.2. The maximum absolute atomic E-state index is 3.48. The predicted octanol–water partition coefficient (Wildman–Crippen LogP) is 3.86. The van der Waals surface area contributed by atoms with Crippen LogP contribution in [0.25, 0.3) is 0 Å². The van der Waals surface area contributed by atoms with Gasteiger partial charge in [-0.3, -0.25) is 0 Å². The minimum absolute atomic E-state index is 0.760. The first-order valence-corrected chi connectivity index (χ1v) is 7.72. The molecular formula is C15H25NS. The van der Waals surface area contributed by atoms with E-state index < -0.39 is 0 Å². The Morgan fingerprint density at radius 1 is 1.29 bits per heavy atom. The van der Waals surface area contributed by atoms with Crippen LogP contribution in [-0.2, 0) is 5.75 Å². The lowest BCUT2D eigenvalue weighted by molar-refractivity contribution is 0.557. The summed E-state index contributed by atoms with van der Waals surface area (Å²) >= 11 is 2.05. The second kappa shape index (κ2) is 8.60. The molecule has 0 aliphatic heterocycles. The lowest BCUT2D eigenvalue weighted by Crippen LogP contribution is -2.23. The van der Waals surface area contributed by atoms with Crippen LogP contribution in [0.15, 0.2) is 24.3 Å². The second-order valence-electron chi connectivity index (χ2n) is 4.75. The largest absolute Gasteiger partial charge is 0.316 e. The van der Waals surface area contributed by atoms with Crippen molar-refractivity contribution in [3.63, 3.8) is 0 Å². The third-order valence-corrected chi connectivity index (χ3v) is 4.16. The van der Waals surface area contributed by atoms with E-state index in [1.54, 1.807) is 0 Å². The van der Waals surface area contributed by atoms with Gasteiger partial charge in [0.25, 0.3) is 0 Å². The molecule has 1 aromatic rings. The molecular weight excluding hydrogens is 226 g/mol. The van der Waals surface area contributed by atoms with Gasteiger partial charge >= 0.3 is 0 Å². The number of aryl methyl sites for hydroxylation is 1. The summed E-state index contributed by atoms with van der Waals surface area (Å²) in [7, 11) is 0. The summed E-state index contributed by atoms with van der Waals surface area (Å²) in [5.74, 6) is 3.14. The number of benzene rings is 1. The smallest absolute Gasteiger partial charge is 0.0187 e. The van der Waals surface area contributed by atoms with Crippen molar-refractivity contribution in [1.29, 1.82) is 0 Å². The maximum Gasteiger partial charge on any atom is 0.0187 e. The van der Waals surface area contributed by atoms with Crippen LogP contribution in [0.4, 0.5) is 0 Å². The van der Waals surface area contributed by atoms with Crippen LogP contribution in [0.3, 0.4) is 0 Å². The van der Waals surface area contributed by atoms with Gasteiger partial charge in [-0.2, -0.15) is 11.8 Å². The van der Waals surface area contributed by atoms with Crippen LogP contribution in [-0.4, -0.2) is 18.8 Å². The van der Waals surface area contributed by atoms with E-state index in [0.717, 1.165) is 24.8 Å². The minimum atomic E-state index is 0.760. The van der Waals surface area contributed by atoms with Crippen molar-refractivity contribution in [1.82, 2.24) is 5.32 Å². The van der Waals surface area contributed by atoms with Crippen LogP contribution in [0.5, 0.6) is 0 Å². The molecule has 1 N–H and O–H groups in total. The van der Waals surface area contributed by atoms with Crippen LogP contribution < -0.4 is 5.32 Å². The zero-order chi connectivity index (χ0) is 12.5. The lowest BCUT2D eigenvalue weighted by atomic mass is 10.1. The third-order valence-electron chi connectivity index (χ3n) is 2.84. The van der Waals surface area contributed by atoms with E-state index in [1.165, 1.54) is 23.3 Å². The van der Waals surface area contributed by atoms with Crippen molar-refractivity contribution in [2.75, 3.05) is 18.8 Å². The SMILES string of the molecule is CCCNCC(C)CSCc1ccccc1C. The Bertz CT molecular complexity index is 312. The molecule has 0 fully saturated rings. The molecule has 0 radical (unpaired) electrons. The zero-order valence-electron chi connectivity index (χ0n) is 11.3. The van der Waals surface area contributed by atoms with Gasteiger partial charge in [-0.15, -0.1) is 0 Å². The Morgan fingerprint density at radius 2 is 2.06 bits per heavy atom. The van der Waals surface area contributed by atoms with E-state index in [1.807, 2.05) is 11.8 Å². The molecule has 1 unspecified atom stereocenters. The molecule has 0 saturated carbocycles. The summed E-state index contributed by atoms with van der Waals surface area (Å²) in [6.07, 6.45) is 1.23. The summed E-state index contributed by atoms with van der Waals surface area (Å²) in [5, 5.41) is 3.48. The first-order chi connectivity index (χ1) is 8.24. The van der Waals surface area contributed by atoms with Crippen LogP contribution in [0.1, 0.15) is 31.4 Å². The average Bonchev–Trinajstić information content (AvgIpc) is 2.32. The first kappa shape index (κ1) is 14.6. The molecule has 0 spiro atoms. The standard InChI is InChI=1S/C15H25NS/c1-4-9-16-10-13(2)11-17-12-15-8-6-5-7-14(15)3/h5-8,13,16H,4,9-12H2,1-3H3. The molecule has 2 heteroatoms. The Hall–Kier alpha value is -0.470. The van der Waals surface area contributed by atoms with Crippen LogP contribution in [0, 0.1) is 12.8 Å². The summed E-state index contributed by atoms with van der Waals surface area (Å²) in [6, 6.07) is 8.68. The van der Waals surface area contributed by atoms with Crippen molar-refractivity contribution in [3.8, 4) is 0 Å². The lowest BCUT2D eigenvalue weighted by Gasteiger charge is -2.12. The van der Waals surface area contributed by atoms with E-state index in [-0.39, 0.29) is 0 Å². The average molecular weight is 251 g/mol. The molecule has 0 amide bonds. The molecule has 1 nitrogen and oxygen atoms in total. The van der Waals surface area contributed by atoms with E-state index in [2.05, 4.69) is 50.4 Å². The van der Waals surface area contributed by atoms with E-state index in [9.17, 15) is 0 Å². The summed E-state index contributed by atoms with van der Waals surface area (Å²) in [4.78, 5) is 0. The molecule has 96 valence electrons. The summed E-state index contributed by atoms with van der Waals surface area (Å²) < 4.78 is 0. The van der Waals surface area contributed by atoms with Gasteiger partial charge in [-0.05, 0) is 49.2 Å². The third kappa shape index (κ3) is 6.13. The van der Waals surface area contributed by atoms with Gasteiger partial charge in [-0.1, -0.05) is 38.1 Å². The van der Waals surface area contributed by atoms with Gasteiger partial charge in [0.2, 0.25) is 0 Å². The molecule has 1 aromatic carbocycles. The van der Waals surface area contributed by atoms with Crippen LogP contribution >= 0.6 is 11.8 Å². The number of nitrogens with one attached hydrogen (secondary N) is 1. The van der Waals surface area contributed by atoms with Crippen molar-refractivity contribution in [2.24, 2.45) is 5.92 Å². The molecule has 0 aliphatic carbocycles. The fourth-order valence-corrected chi connectivity index (χ4v) is 2.91. The highest BCUT2D eigenvalue weighted by molar-refractivity contribution is 7.98. The Morgan fingerprint density at radius 3 is 2.76 bits per heavy atom.